The van der Waals surface area contributed by atoms with Crippen LogP contribution in [-0.2, 0) is 0 Å². The van der Waals surface area contributed by atoms with Gasteiger partial charge >= 0.3 is 0 Å². The first-order valence-electron chi connectivity index (χ1n) is 5.90. The molecule has 0 saturated heterocycles. The van der Waals surface area contributed by atoms with Gasteiger partial charge in [-0.3, -0.25) is 4.79 Å². The van der Waals surface area contributed by atoms with E-state index < -0.39 is 0 Å². The number of benzene rings is 1. The summed E-state index contributed by atoms with van der Waals surface area (Å²) in [5, 5.41) is 0.994. The maximum atomic E-state index is 11.2. The van der Waals surface area contributed by atoms with Gasteiger partial charge in [0.1, 0.15) is 5.82 Å². The molecule has 3 heteroatoms. The van der Waals surface area contributed by atoms with Gasteiger partial charge in [0.05, 0.1) is 5.56 Å². The molecular weight excluding hydrogens is 212 g/mol. The van der Waals surface area contributed by atoms with Gasteiger partial charge in [-0.2, -0.15) is 0 Å². The van der Waals surface area contributed by atoms with Crippen molar-refractivity contribution in [3.63, 3.8) is 0 Å². The topological polar surface area (TPSA) is 36.1 Å². The van der Waals surface area contributed by atoms with Gasteiger partial charge in [0, 0.05) is 24.5 Å². The Hall–Kier alpha value is -1.77. The van der Waals surface area contributed by atoms with Crippen LogP contribution < -0.4 is 4.90 Å². The maximum absolute atomic E-state index is 11.2. The number of H-pyrrole nitrogens is 1. The number of rotatable bonds is 4. The molecule has 0 bridgehead atoms. The summed E-state index contributed by atoms with van der Waals surface area (Å²) in [7, 11) is 2.01. The molecule has 0 radical (unpaired) electrons. The van der Waals surface area contributed by atoms with Gasteiger partial charge in [-0.05, 0) is 12.0 Å². The number of aromatic amines is 1. The molecule has 1 aromatic carbocycles. The smallest absolute Gasteiger partial charge is 0.154 e. The van der Waals surface area contributed by atoms with Crippen molar-refractivity contribution in [2.24, 2.45) is 5.92 Å². The number of anilines is 1. The number of nitrogens with one attached hydrogen (secondary N) is 1. The summed E-state index contributed by atoms with van der Waals surface area (Å²) in [6, 6.07) is 7.90. The summed E-state index contributed by atoms with van der Waals surface area (Å²) in [4.78, 5) is 16.7. The van der Waals surface area contributed by atoms with Gasteiger partial charge in [-0.25, -0.2) is 0 Å². The molecule has 0 amide bonds. The first kappa shape index (κ1) is 11.7. The van der Waals surface area contributed by atoms with E-state index in [0.29, 0.717) is 5.92 Å². The van der Waals surface area contributed by atoms with Crippen molar-refractivity contribution in [1.82, 2.24) is 4.98 Å². The molecule has 0 saturated carbocycles. The molecule has 0 aliphatic heterocycles. The predicted molar refractivity (Wildman–Crippen MR) is 71.8 cm³/mol. The minimum Gasteiger partial charge on any atom is -0.360 e. The molecule has 2 aromatic rings. The lowest BCUT2D eigenvalue weighted by molar-refractivity contribution is 0.112. The van der Waals surface area contributed by atoms with Crippen LogP contribution in [0.2, 0.25) is 0 Å². The van der Waals surface area contributed by atoms with E-state index in [9.17, 15) is 4.79 Å². The molecule has 90 valence electrons. The van der Waals surface area contributed by atoms with Gasteiger partial charge in [-0.1, -0.05) is 32.0 Å². The van der Waals surface area contributed by atoms with E-state index in [1.165, 1.54) is 0 Å². The molecular formula is C14H18N2O. The molecule has 0 atom stereocenters. The quantitative estimate of drug-likeness (QED) is 0.819. The lowest BCUT2D eigenvalue weighted by Crippen LogP contribution is -2.23. The molecule has 1 N–H and O–H groups in total. The minimum atomic E-state index is 0.561. The zero-order chi connectivity index (χ0) is 12.4. The van der Waals surface area contributed by atoms with Crippen molar-refractivity contribution in [2.75, 3.05) is 18.5 Å². The number of nitrogens with zero attached hydrogens (tertiary/aromatic N) is 1. The van der Waals surface area contributed by atoms with E-state index in [1.54, 1.807) is 0 Å². The Kier molecular flexibility index (Phi) is 3.18. The van der Waals surface area contributed by atoms with Crippen molar-refractivity contribution in [2.45, 2.75) is 13.8 Å². The molecule has 0 fully saturated rings. The van der Waals surface area contributed by atoms with E-state index in [0.717, 1.165) is 35.1 Å². The third-order valence-electron chi connectivity index (χ3n) is 2.86. The van der Waals surface area contributed by atoms with E-state index in [4.69, 9.17) is 0 Å². The molecule has 17 heavy (non-hydrogen) atoms. The summed E-state index contributed by atoms with van der Waals surface area (Å²) < 4.78 is 0. The van der Waals surface area contributed by atoms with Gasteiger partial charge in [0.15, 0.2) is 6.29 Å². The van der Waals surface area contributed by atoms with Crippen LogP contribution >= 0.6 is 0 Å². The zero-order valence-electron chi connectivity index (χ0n) is 10.5. The van der Waals surface area contributed by atoms with Crippen LogP contribution in [0, 0.1) is 5.92 Å². The van der Waals surface area contributed by atoms with Crippen LogP contribution in [0.15, 0.2) is 24.3 Å². The van der Waals surface area contributed by atoms with Crippen LogP contribution in [0.5, 0.6) is 0 Å². The summed E-state index contributed by atoms with van der Waals surface area (Å²) in [5.74, 6) is 1.47. The molecule has 0 unspecified atom stereocenters. The van der Waals surface area contributed by atoms with Crippen LogP contribution in [0.1, 0.15) is 24.2 Å². The second-order valence-electron chi connectivity index (χ2n) is 4.83. The Bertz CT molecular complexity index is 528. The molecule has 0 spiro atoms. The Morgan fingerprint density at radius 3 is 2.71 bits per heavy atom. The van der Waals surface area contributed by atoms with Crippen molar-refractivity contribution >= 4 is 23.0 Å². The zero-order valence-corrected chi connectivity index (χ0v) is 10.5. The number of hydrogen-bond donors (Lipinski definition) is 1. The number of carbonyl (C=O) groups excluding carboxylic acids is 1. The normalized spacial score (nSPS) is 11.1. The predicted octanol–water partition coefficient (Wildman–Crippen LogP) is 3.07. The number of para-hydroxylation sites is 1. The fraction of sp³-hybridized carbons (Fsp3) is 0.357. The first-order valence-corrected chi connectivity index (χ1v) is 5.90. The number of fused-ring (bicyclic) bond motifs is 1. The standard InChI is InChI=1S/C14H18N2O/c1-10(2)8-16(3)14-12(9-17)11-6-4-5-7-13(11)15-14/h4-7,9-10,15H,8H2,1-3H3. The summed E-state index contributed by atoms with van der Waals surface area (Å²) >= 11 is 0. The number of hydrogen-bond acceptors (Lipinski definition) is 2. The van der Waals surface area contributed by atoms with Crippen molar-refractivity contribution in [3.05, 3.63) is 29.8 Å². The van der Waals surface area contributed by atoms with Crippen LogP contribution in [0.4, 0.5) is 5.82 Å². The monoisotopic (exact) mass is 230 g/mol. The first-order chi connectivity index (χ1) is 8.13. The van der Waals surface area contributed by atoms with E-state index in [1.807, 2.05) is 31.3 Å². The van der Waals surface area contributed by atoms with Crippen LogP contribution in [0.25, 0.3) is 10.9 Å². The SMILES string of the molecule is CC(C)CN(C)c1[nH]c2ccccc2c1C=O. The highest BCUT2D eigenvalue weighted by atomic mass is 16.1. The Balaban J connectivity index is 2.49. The Morgan fingerprint density at radius 2 is 2.06 bits per heavy atom. The van der Waals surface area contributed by atoms with Gasteiger partial charge in [0.25, 0.3) is 0 Å². The fourth-order valence-corrected chi connectivity index (χ4v) is 2.21. The number of carbonyl (C=O) groups is 1. The van der Waals surface area contributed by atoms with Crippen molar-refractivity contribution < 1.29 is 4.79 Å². The molecule has 3 nitrogen and oxygen atoms in total. The molecule has 1 heterocycles. The lowest BCUT2D eigenvalue weighted by atomic mass is 10.1. The van der Waals surface area contributed by atoms with E-state index in [2.05, 4.69) is 23.7 Å². The highest BCUT2D eigenvalue weighted by molar-refractivity contribution is 6.03. The molecule has 0 aliphatic carbocycles. The second-order valence-corrected chi connectivity index (χ2v) is 4.83. The van der Waals surface area contributed by atoms with Gasteiger partial charge in [0.2, 0.25) is 0 Å². The maximum Gasteiger partial charge on any atom is 0.154 e. The van der Waals surface area contributed by atoms with Gasteiger partial charge in [-0.15, -0.1) is 0 Å². The highest BCUT2D eigenvalue weighted by Gasteiger charge is 2.14. The van der Waals surface area contributed by atoms with Gasteiger partial charge < -0.3 is 9.88 Å². The largest absolute Gasteiger partial charge is 0.360 e. The van der Waals surface area contributed by atoms with Crippen molar-refractivity contribution in [1.29, 1.82) is 0 Å². The molecule has 0 aliphatic rings. The molecule has 2 rings (SSSR count). The second kappa shape index (κ2) is 4.62. The van der Waals surface area contributed by atoms with E-state index >= 15 is 0 Å². The summed E-state index contributed by atoms with van der Waals surface area (Å²) in [6.07, 6.45) is 0.936. The summed E-state index contributed by atoms with van der Waals surface area (Å²) in [5.41, 5.74) is 1.77. The Labute approximate surface area is 101 Å². The van der Waals surface area contributed by atoms with E-state index in [-0.39, 0.29) is 0 Å². The average Bonchev–Trinajstić information content (AvgIpc) is 2.66. The average molecular weight is 230 g/mol. The van der Waals surface area contributed by atoms with Crippen LogP contribution in [0.3, 0.4) is 0 Å². The lowest BCUT2D eigenvalue weighted by Gasteiger charge is -2.20. The van der Waals surface area contributed by atoms with Crippen LogP contribution in [-0.4, -0.2) is 24.9 Å². The number of aromatic nitrogens is 1. The third kappa shape index (κ3) is 2.18. The van der Waals surface area contributed by atoms with Crippen molar-refractivity contribution in [3.8, 4) is 0 Å². The summed E-state index contributed by atoms with van der Waals surface area (Å²) in [6.45, 7) is 5.26. The fourth-order valence-electron chi connectivity index (χ4n) is 2.21. The highest BCUT2D eigenvalue weighted by Crippen LogP contribution is 2.27. The minimum absolute atomic E-state index is 0.561. The third-order valence-corrected chi connectivity index (χ3v) is 2.86. The number of aldehydes is 1. The molecule has 1 aromatic heterocycles. The Morgan fingerprint density at radius 1 is 1.35 bits per heavy atom.